The average Bonchev–Trinajstić information content (AvgIpc) is 2.70. The maximum atomic E-state index is 10.4. The van der Waals surface area contributed by atoms with Crippen LogP contribution in [0.3, 0.4) is 0 Å². The summed E-state index contributed by atoms with van der Waals surface area (Å²) < 4.78 is 5.37. The minimum Gasteiger partial charge on any atom is -0.493 e. The molecule has 0 spiro atoms. The van der Waals surface area contributed by atoms with Gasteiger partial charge in [0.05, 0.1) is 24.1 Å². The molecule has 0 aliphatic carbocycles. The third-order valence-corrected chi connectivity index (χ3v) is 2.57. The van der Waals surface area contributed by atoms with Crippen LogP contribution in [0.4, 0.5) is 0 Å². The zero-order chi connectivity index (χ0) is 13.0. The van der Waals surface area contributed by atoms with E-state index in [4.69, 9.17) is 9.84 Å². The standard InChI is InChI=1S/C13H16N2O3/c1-2-3-12-14-10-5-4-9(8-11(10)15-12)18-7-6-13(16)17/h4-5,8H,2-3,6-7H2,1H3,(H,14,15)(H,16,17). The summed E-state index contributed by atoms with van der Waals surface area (Å²) in [5.41, 5.74) is 1.83. The Balaban J connectivity index is 2.09. The van der Waals surface area contributed by atoms with Crippen molar-refractivity contribution in [2.24, 2.45) is 0 Å². The molecule has 5 heteroatoms. The Hall–Kier alpha value is -2.04. The van der Waals surface area contributed by atoms with Crippen molar-refractivity contribution in [3.63, 3.8) is 0 Å². The third kappa shape index (κ3) is 3.00. The normalized spacial score (nSPS) is 10.7. The van der Waals surface area contributed by atoms with Gasteiger partial charge in [-0.2, -0.15) is 0 Å². The number of H-pyrrole nitrogens is 1. The van der Waals surface area contributed by atoms with Crippen LogP contribution < -0.4 is 4.74 Å². The third-order valence-electron chi connectivity index (χ3n) is 2.57. The van der Waals surface area contributed by atoms with Gasteiger partial charge in [-0.1, -0.05) is 6.92 Å². The summed E-state index contributed by atoms with van der Waals surface area (Å²) in [7, 11) is 0. The van der Waals surface area contributed by atoms with Crippen molar-refractivity contribution in [1.82, 2.24) is 9.97 Å². The van der Waals surface area contributed by atoms with E-state index >= 15 is 0 Å². The zero-order valence-electron chi connectivity index (χ0n) is 10.3. The fraction of sp³-hybridized carbons (Fsp3) is 0.385. The Bertz CT molecular complexity index is 548. The molecule has 0 bridgehead atoms. The second-order valence-corrected chi connectivity index (χ2v) is 4.10. The van der Waals surface area contributed by atoms with Crippen LogP contribution in [0.5, 0.6) is 5.75 Å². The fourth-order valence-corrected chi connectivity index (χ4v) is 1.74. The summed E-state index contributed by atoms with van der Waals surface area (Å²) in [6, 6.07) is 5.53. The highest BCUT2D eigenvalue weighted by Gasteiger charge is 2.04. The number of hydrogen-bond acceptors (Lipinski definition) is 3. The predicted octanol–water partition coefficient (Wildman–Crippen LogP) is 2.37. The number of aromatic amines is 1. The molecule has 96 valence electrons. The summed E-state index contributed by atoms with van der Waals surface area (Å²) in [6.07, 6.45) is 1.97. The van der Waals surface area contributed by atoms with Crippen LogP contribution in [-0.4, -0.2) is 27.7 Å². The van der Waals surface area contributed by atoms with Crippen LogP contribution in [0.15, 0.2) is 18.2 Å². The van der Waals surface area contributed by atoms with E-state index in [2.05, 4.69) is 16.9 Å². The van der Waals surface area contributed by atoms with Gasteiger partial charge in [0.15, 0.2) is 0 Å². The molecule has 0 saturated carbocycles. The largest absolute Gasteiger partial charge is 0.493 e. The number of fused-ring (bicyclic) bond motifs is 1. The highest BCUT2D eigenvalue weighted by molar-refractivity contribution is 5.76. The molecule has 18 heavy (non-hydrogen) atoms. The lowest BCUT2D eigenvalue weighted by Gasteiger charge is -2.03. The number of hydrogen-bond donors (Lipinski definition) is 2. The number of carboxylic acid groups (broad SMARTS) is 1. The van der Waals surface area contributed by atoms with Crippen LogP contribution in [0.25, 0.3) is 11.0 Å². The number of ether oxygens (including phenoxy) is 1. The molecule has 0 unspecified atom stereocenters. The smallest absolute Gasteiger partial charge is 0.306 e. The maximum absolute atomic E-state index is 10.4. The number of nitrogens with zero attached hydrogens (tertiary/aromatic N) is 1. The van der Waals surface area contributed by atoms with E-state index in [9.17, 15) is 4.79 Å². The molecular weight excluding hydrogens is 232 g/mol. The van der Waals surface area contributed by atoms with Crippen molar-refractivity contribution in [2.75, 3.05) is 6.61 Å². The molecule has 1 heterocycles. The van der Waals surface area contributed by atoms with Gasteiger partial charge < -0.3 is 14.8 Å². The maximum Gasteiger partial charge on any atom is 0.306 e. The minimum atomic E-state index is -0.858. The predicted molar refractivity (Wildman–Crippen MR) is 67.8 cm³/mol. The van der Waals surface area contributed by atoms with Gasteiger partial charge in [0.2, 0.25) is 0 Å². The highest BCUT2D eigenvalue weighted by atomic mass is 16.5. The first-order valence-electron chi connectivity index (χ1n) is 6.02. The summed E-state index contributed by atoms with van der Waals surface area (Å²) >= 11 is 0. The monoisotopic (exact) mass is 248 g/mol. The lowest BCUT2D eigenvalue weighted by molar-refractivity contribution is -0.137. The summed E-state index contributed by atoms with van der Waals surface area (Å²) in [6.45, 7) is 2.28. The molecule has 0 radical (unpaired) electrons. The SMILES string of the molecule is CCCc1nc2ccc(OCCC(=O)O)cc2[nH]1. The molecule has 1 aromatic carbocycles. The number of aromatic nitrogens is 2. The van der Waals surface area contributed by atoms with Crippen LogP contribution in [-0.2, 0) is 11.2 Å². The van der Waals surface area contributed by atoms with Gasteiger partial charge in [0, 0.05) is 12.5 Å². The van der Waals surface area contributed by atoms with Gasteiger partial charge in [-0.15, -0.1) is 0 Å². The van der Waals surface area contributed by atoms with E-state index in [0.717, 1.165) is 29.7 Å². The van der Waals surface area contributed by atoms with Crippen molar-refractivity contribution in [1.29, 1.82) is 0 Å². The first-order chi connectivity index (χ1) is 8.69. The van der Waals surface area contributed by atoms with Crippen LogP contribution in [0.2, 0.25) is 0 Å². The summed E-state index contributed by atoms with van der Waals surface area (Å²) in [5, 5.41) is 8.53. The van der Waals surface area contributed by atoms with E-state index in [0.29, 0.717) is 5.75 Å². The topological polar surface area (TPSA) is 75.2 Å². The number of rotatable bonds is 6. The molecule has 0 amide bonds. The van der Waals surface area contributed by atoms with Crippen molar-refractivity contribution in [3.8, 4) is 5.75 Å². The number of benzene rings is 1. The van der Waals surface area contributed by atoms with E-state index in [1.54, 1.807) is 6.07 Å². The van der Waals surface area contributed by atoms with Gasteiger partial charge in [0.25, 0.3) is 0 Å². The lowest BCUT2D eigenvalue weighted by Crippen LogP contribution is -2.04. The Morgan fingerprint density at radius 2 is 2.33 bits per heavy atom. The first-order valence-corrected chi connectivity index (χ1v) is 6.02. The van der Waals surface area contributed by atoms with Crippen molar-refractivity contribution < 1.29 is 14.6 Å². The first kappa shape index (κ1) is 12.4. The van der Waals surface area contributed by atoms with Crippen LogP contribution in [0, 0.1) is 0 Å². The fourth-order valence-electron chi connectivity index (χ4n) is 1.74. The van der Waals surface area contributed by atoms with Crippen molar-refractivity contribution in [3.05, 3.63) is 24.0 Å². The summed E-state index contributed by atoms with van der Waals surface area (Å²) in [4.78, 5) is 18.1. The second kappa shape index (κ2) is 5.53. The van der Waals surface area contributed by atoms with Gasteiger partial charge >= 0.3 is 5.97 Å². The molecule has 0 aliphatic rings. The molecule has 0 aliphatic heterocycles. The molecule has 2 rings (SSSR count). The zero-order valence-corrected chi connectivity index (χ0v) is 10.3. The Morgan fingerprint density at radius 1 is 1.50 bits per heavy atom. The number of imidazole rings is 1. The van der Waals surface area contributed by atoms with Gasteiger partial charge in [-0.3, -0.25) is 4.79 Å². The molecule has 5 nitrogen and oxygen atoms in total. The van der Waals surface area contributed by atoms with Crippen LogP contribution >= 0.6 is 0 Å². The van der Waals surface area contributed by atoms with E-state index in [1.165, 1.54) is 0 Å². The lowest BCUT2D eigenvalue weighted by atomic mass is 10.3. The molecule has 0 saturated heterocycles. The van der Waals surface area contributed by atoms with E-state index in [1.807, 2.05) is 12.1 Å². The van der Waals surface area contributed by atoms with E-state index < -0.39 is 5.97 Å². The Labute approximate surface area is 105 Å². The molecule has 0 atom stereocenters. The quantitative estimate of drug-likeness (QED) is 0.823. The minimum absolute atomic E-state index is 0.00208. The molecule has 2 aromatic rings. The number of aryl methyl sites for hydroxylation is 1. The highest BCUT2D eigenvalue weighted by Crippen LogP contribution is 2.19. The number of nitrogens with one attached hydrogen (secondary N) is 1. The van der Waals surface area contributed by atoms with Crippen molar-refractivity contribution in [2.45, 2.75) is 26.2 Å². The second-order valence-electron chi connectivity index (χ2n) is 4.10. The Kier molecular flexibility index (Phi) is 3.82. The molecule has 1 aromatic heterocycles. The average molecular weight is 248 g/mol. The van der Waals surface area contributed by atoms with Crippen LogP contribution in [0.1, 0.15) is 25.6 Å². The van der Waals surface area contributed by atoms with Crippen molar-refractivity contribution >= 4 is 17.0 Å². The summed E-state index contributed by atoms with van der Waals surface area (Å²) in [5.74, 6) is 0.772. The van der Waals surface area contributed by atoms with Gasteiger partial charge in [0.1, 0.15) is 11.6 Å². The molecular formula is C13H16N2O3. The number of carboxylic acids is 1. The number of carbonyl (C=O) groups is 1. The molecule has 2 N–H and O–H groups in total. The van der Waals surface area contributed by atoms with Gasteiger partial charge in [-0.25, -0.2) is 4.98 Å². The van der Waals surface area contributed by atoms with Gasteiger partial charge in [-0.05, 0) is 18.6 Å². The number of aliphatic carboxylic acids is 1. The molecule has 0 fully saturated rings. The Morgan fingerprint density at radius 3 is 3.06 bits per heavy atom. The van der Waals surface area contributed by atoms with E-state index in [-0.39, 0.29) is 13.0 Å².